The Hall–Kier alpha value is -2.28. The lowest BCUT2D eigenvalue weighted by molar-refractivity contribution is -0.121. The molecule has 1 heterocycles. The average molecular weight is 431 g/mol. The largest absolute Gasteiger partial charge is 0.492 e. The third-order valence-electron chi connectivity index (χ3n) is 5.48. The average Bonchev–Trinajstić information content (AvgIpc) is 2.75. The summed E-state index contributed by atoms with van der Waals surface area (Å²) in [5.41, 5.74) is 1.94. The summed E-state index contributed by atoms with van der Waals surface area (Å²) in [5, 5.41) is 3.74. The molecule has 1 N–H and O–H groups in total. The Kier molecular flexibility index (Phi) is 7.96. The highest BCUT2D eigenvalue weighted by atomic mass is 35.5. The Bertz CT molecular complexity index is 803. The van der Waals surface area contributed by atoms with Gasteiger partial charge in [0.2, 0.25) is 5.91 Å². The van der Waals surface area contributed by atoms with Crippen molar-refractivity contribution < 1.29 is 9.53 Å². The minimum atomic E-state index is -0.161. The Morgan fingerprint density at radius 1 is 1.07 bits per heavy atom. The van der Waals surface area contributed by atoms with Crippen LogP contribution in [0.2, 0.25) is 5.02 Å². The van der Waals surface area contributed by atoms with Gasteiger partial charge in [0, 0.05) is 63.2 Å². The number of halogens is 1. The van der Waals surface area contributed by atoms with Gasteiger partial charge in [0.25, 0.3) is 0 Å². The molecule has 0 spiro atoms. The van der Waals surface area contributed by atoms with E-state index in [1.165, 1.54) is 0 Å². The van der Waals surface area contributed by atoms with Crippen LogP contribution in [0.1, 0.15) is 6.92 Å². The number of hydrogen-bond acceptors (Lipinski definition) is 5. The Balaban J connectivity index is 1.39. The minimum absolute atomic E-state index is 0.0344. The van der Waals surface area contributed by atoms with E-state index in [1.54, 1.807) is 0 Å². The van der Waals surface area contributed by atoms with Crippen LogP contribution in [0.4, 0.5) is 11.4 Å². The molecule has 0 unspecified atom stereocenters. The summed E-state index contributed by atoms with van der Waals surface area (Å²) >= 11 is 5.89. The third kappa shape index (κ3) is 6.36. The van der Waals surface area contributed by atoms with Crippen LogP contribution in [0, 0.1) is 0 Å². The van der Waals surface area contributed by atoms with E-state index in [2.05, 4.69) is 15.1 Å². The van der Waals surface area contributed by atoms with Crippen molar-refractivity contribution in [1.82, 2.24) is 9.80 Å². The second-order valence-corrected chi connectivity index (χ2v) is 8.22. The van der Waals surface area contributed by atoms with Gasteiger partial charge in [-0.25, -0.2) is 0 Å². The predicted octanol–water partition coefficient (Wildman–Crippen LogP) is 3.43. The molecule has 30 heavy (non-hydrogen) atoms. The van der Waals surface area contributed by atoms with Crippen LogP contribution in [-0.4, -0.2) is 75.2 Å². The first-order valence-corrected chi connectivity index (χ1v) is 10.7. The van der Waals surface area contributed by atoms with Gasteiger partial charge in [-0.1, -0.05) is 11.6 Å². The fourth-order valence-electron chi connectivity index (χ4n) is 3.45. The van der Waals surface area contributed by atoms with Crippen molar-refractivity contribution in [3.63, 3.8) is 0 Å². The molecule has 1 saturated heterocycles. The topological polar surface area (TPSA) is 48.1 Å². The SMILES string of the molecule is C[C@@H](C(=O)Nc1ccc(N(C)C)cc1)N1CCN(CCOc2ccc(Cl)cc2)CC1. The Labute approximate surface area is 184 Å². The summed E-state index contributed by atoms with van der Waals surface area (Å²) in [4.78, 5) is 19.3. The molecule has 0 bridgehead atoms. The van der Waals surface area contributed by atoms with E-state index >= 15 is 0 Å². The number of benzene rings is 2. The van der Waals surface area contributed by atoms with Crippen LogP contribution < -0.4 is 15.0 Å². The molecule has 6 nitrogen and oxygen atoms in total. The fourth-order valence-corrected chi connectivity index (χ4v) is 3.58. The van der Waals surface area contributed by atoms with Crippen LogP contribution >= 0.6 is 11.6 Å². The maximum Gasteiger partial charge on any atom is 0.241 e. The minimum Gasteiger partial charge on any atom is -0.492 e. The fraction of sp³-hybridized carbons (Fsp3) is 0.435. The predicted molar refractivity (Wildman–Crippen MR) is 124 cm³/mol. The molecule has 7 heteroatoms. The van der Waals surface area contributed by atoms with Gasteiger partial charge in [0.1, 0.15) is 12.4 Å². The van der Waals surface area contributed by atoms with E-state index in [-0.39, 0.29) is 11.9 Å². The van der Waals surface area contributed by atoms with Crippen molar-refractivity contribution in [2.24, 2.45) is 0 Å². The number of carbonyl (C=O) groups is 1. The highest BCUT2D eigenvalue weighted by Gasteiger charge is 2.25. The maximum atomic E-state index is 12.7. The number of piperazine rings is 1. The lowest BCUT2D eigenvalue weighted by atomic mass is 10.2. The molecule has 1 atom stereocenters. The second-order valence-electron chi connectivity index (χ2n) is 7.79. The van der Waals surface area contributed by atoms with Gasteiger partial charge in [0.15, 0.2) is 0 Å². The maximum absolute atomic E-state index is 12.7. The summed E-state index contributed by atoms with van der Waals surface area (Å²) < 4.78 is 5.78. The van der Waals surface area contributed by atoms with E-state index in [4.69, 9.17) is 16.3 Å². The summed E-state index contributed by atoms with van der Waals surface area (Å²) in [6.07, 6.45) is 0. The zero-order valence-corrected chi connectivity index (χ0v) is 18.7. The first kappa shape index (κ1) is 22.4. The van der Waals surface area contributed by atoms with Crippen LogP contribution in [-0.2, 0) is 4.79 Å². The number of nitrogens with one attached hydrogen (secondary N) is 1. The lowest BCUT2D eigenvalue weighted by Gasteiger charge is -2.37. The number of amides is 1. The van der Waals surface area contributed by atoms with Crippen LogP contribution in [0.15, 0.2) is 48.5 Å². The van der Waals surface area contributed by atoms with Crippen molar-refractivity contribution in [2.75, 3.05) is 63.6 Å². The second kappa shape index (κ2) is 10.7. The summed E-state index contributed by atoms with van der Waals surface area (Å²) in [6, 6.07) is 15.2. The zero-order chi connectivity index (χ0) is 21.5. The van der Waals surface area contributed by atoms with Crippen LogP contribution in [0.3, 0.4) is 0 Å². The Morgan fingerprint density at radius 3 is 2.30 bits per heavy atom. The van der Waals surface area contributed by atoms with Crippen molar-refractivity contribution >= 4 is 28.9 Å². The third-order valence-corrected chi connectivity index (χ3v) is 5.73. The molecular formula is C23H31ClN4O2. The number of carbonyl (C=O) groups excluding carboxylic acids is 1. The summed E-state index contributed by atoms with van der Waals surface area (Å²) in [6.45, 7) is 7.08. The van der Waals surface area contributed by atoms with Gasteiger partial charge in [-0.15, -0.1) is 0 Å². The molecule has 0 radical (unpaired) electrons. The number of anilines is 2. The molecule has 2 aromatic carbocycles. The van der Waals surface area contributed by atoms with Crippen LogP contribution in [0.5, 0.6) is 5.75 Å². The molecule has 0 aromatic heterocycles. The lowest BCUT2D eigenvalue weighted by Crippen LogP contribution is -2.53. The molecule has 1 aliphatic rings. The molecule has 0 saturated carbocycles. The first-order valence-electron chi connectivity index (χ1n) is 10.4. The van der Waals surface area contributed by atoms with Gasteiger partial charge in [-0.2, -0.15) is 0 Å². The molecule has 1 amide bonds. The normalized spacial score (nSPS) is 16.1. The van der Waals surface area contributed by atoms with E-state index in [0.717, 1.165) is 49.8 Å². The highest BCUT2D eigenvalue weighted by molar-refractivity contribution is 6.30. The molecule has 1 fully saturated rings. The van der Waals surface area contributed by atoms with Gasteiger partial charge in [0.05, 0.1) is 6.04 Å². The first-order chi connectivity index (χ1) is 14.4. The van der Waals surface area contributed by atoms with Gasteiger partial charge >= 0.3 is 0 Å². The van der Waals surface area contributed by atoms with Crippen molar-refractivity contribution in [3.8, 4) is 5.75 Å². The smallest absolute Gasteiger partial charge is 0.241 e. The number of nitrogens with zero attached hydrogens (tertiary/aromatic N) is 3. The number of hydrogen-bond donors (Lipinski definition) is 1. The molecule has 1 aliphatic heterocycles. The molecule has 162 valence electrons. The van der Waals surface area contributed by atoms with E-state index in [9.17, 15) is 4.79 Å². The van der Waals surface area contributed by atoms with Gasteiger partial charge in [-0.05, 0) is 55.5 Å². The molecule has 2 aromatic rings. The van der Waals surface area contributed by atoms with E-state index in [0.29, 0.717) is 11.6 Å². The Morgan fingerprint density at radius 2 is 1.70 bits per heavy atom. The zero-order valence-electron chi connectivity index (χ0n) is 18.0. The van der Waals surface area contributed by atoms with Crippen molar-refractivity contribution in [1.29, 1.82) is 0 Å². The van der Waals surface area contributed by atoms with E-state index < -0.39 is 0 Å². The van der Waals surface area contributed by atoms with Crippen molar-refractivity contribution in [2.45, 2.75) is 13.0 Å². The molecule has 3 rings (SSSR count). The van der Waals surface area contributed by atoms with Gasteiger partial charge < -0.3 is 15.0 Å². The monoisotopic (exact) mass is 430 g/mol. The summed E-state index contributed by atoms with van der Waals surface area (Å²) in [7, 11) is 4.00. The van der Waals surface area contributed by atoms with Crippen molar-refractivity contribution in [3.05, 3.63) is 53.6 Å². The number of ether oxygens (including phenoxy) is 1. The quantitative estimate of drug-likeness (QED) is 0.695. The van der Waals surface area contributed by atoms with E-state index in [1.807, 2.05) is 74.4 Å². The highest BCUT2D eigenvalue weighted by Crippen LogP contribution is 2.17. The molecule has 0 aliphatic carbocycles. The van der Waals surface area contributed by atoms with Crippen LogP contribution in [0.25, 0.3) is 0 Å². The number of rotatable bonds is 8. The van der Waals surface area contributed by atoms with Gasteiger partial charge in [-0.3, -0.25) is 14.6 Å². The summed E-state index contributed by atoms with van der Waals surface area (Å²) in [5.74, 6) is 0.870. The standard InChI is InChI=1S/C23H31ClN4O2/c1-18(23(29)25-20-6-8-21(9-7-20)26(2)3)28-14-12-27(13-15-28)16-17-30-22-10-4-19(24)5-11-22/h4-11,18H,12-17H2,1-3H3,(H,25,29)/t18-/m0/s1. The molecular weight excluding hydrogens is 400 g/mol.